The number of amides is 3. The Morgan fingerprint density at radius 2 is 1.83 bits per heavy atom. The lowest BCUT2D eigenvalue weighted by Crippen LogP contribution is -2.43. The minimum atomic E-state index is -1.20. The monoisotopic (exact) mass is 256 g/mol. The quantitative estimate of drug-likeness (QED) is 0.724. The summed E-state index contributed by atoms with van der Waals surface area (Å²) >= 11 is 0. The molecule has 102 valence electrons. The third-order valence-corrected chi connectivity index (χ3v) is 2.28. The average molecular weight is 256 g/mol. The lowest BCUT2D eigenvalue weighted by Gasteiger charge is -2.20. The second-order valence-corrected chi connectivity index (χ2v) is 5.03. The first kappa shape index (κ1) is 16.1. The van der Waals surface area contributed by atoms with Crippen LogP contribution in [0.4, 0.5) is 4.79 Å². The molecule has 0 aliphatic rings. The van der Waals surface area contributed by atoms with Crippen LogP contribution in [0.2, 0.25) is 0 Å². The van der Waals surface area contributed by atoms with Gasteiger partial charge in [0.2, 0.25) is 5.91 Å². The van der Waals surface area contributed by atoms with Gasteiger partial charge in [0, 0.05) is 20.0 Å². The zero-order chi connectivity index (χ0) is 14.5. The second kappa shape index (κ2) is 6.18. The van der Waals surface area contributed by atoms with Crippen LogP contribution in [0.5, 0.6) is 0 Å². The Kier molecular flexibility index (Phi) is 5.55. The number of carbonyl (C=O) groups excluding carboxylic acids is 2. The van der Waals surface area contributed by atoms with E-state index in [-0.39, 0.29) is 6.42 Å². The number of nitrogens with one attached hydrogen (secondary N) is 1. The Labute approximate surface area is 107 Å². The molecule has 0 rings (SSSR count). The van der Waals surface area contributed by atoms with Crippen molar-refractivity contribution in [2.75, 3.05) is 13.6 Å². The van der Waals surface area contributed by atoms with Crippen molar-refractivity contribution in [3.8, 4) is 0 Å². The molecule has 0 aromatic carbocycles. The zero-order valence-corrected chi connectivity index (χ0v) is 11.2. The van der Waals surface area contributed by atoms with Gasteiger partial charge < -0.3 is 10.0 Å². The molecule has 0 spiro atoms. The van der Waals surface area contributed by atoms with Crippen LogP contribution in [0, 0.1) is 5.41 Å². The minimum absolute atomic E-state index is 0.255. The summed E-state index contributed by atoms with van der Waals surface area (Å²) in [5.74, 6) is -1.69. The van der Waals surface area contributed by atoms with E-state index in [2.05, 4.69) is 11.9 Å². The van der Waals surface area contributed by atoms with E-state index in [0.29, 0.717) is 6.54 Å². The van der Waals surface area contributed by atoms with E-state index >= 15 is 0 Å². The third-order valence-electron chi connectivity index (χ3n) is 2.28. The fraction of sp³-hybridized carbons (Fsp3) is 0.583. The highest BCUT2D eigenvalue weighted by molar-refractivity contribution is 5.96. The van der Waals surface area contributed by atoms with Crippen LogP contribution in [0.15, 0.2) is 12.2 Å². The Morgan fingerprint density at radius 3 is 2.22 bits per heavy atom. The molecule has 0 heterocycles. The number of rotatable bonds is 5. The van der Waals surface area contributed by atoms with Crippen LogP contribution < -0.4 is 5.32 Å². The number of urea groups is 1. The smallest absolute Gasteiger partial charge is 0.324 e. The molecule has 0 aromatic rings. The Morgan fingerprint density at radius 1 is 1.33 bits per heavy atom. The fourth-order valence-corrected chi connectivity index (χ4v) is 1.21. The molecule has 0 radical (unpaired) electrons. The van der Waals surface area contributed by atoms with Crippen molar-refractivity contribution in [1.29, 1.82) is 0 Å². The zero-order valence-electron chi connectivity index (χ0n) is 11.2. The highest BCUT2D eigenvalue weighted by Gasteiger charge is 2.30. The highest BCUT2D eigenvalue weighted by atomic mass is 16.4. The van der Waals surface area contributed by atoms with Gasteiger partial charge in [-0.25, -0.2) is 4.79 Å². The van der Waals surface area contributed by atoms with E-state index in [0.717, 1.165) is 5.57 Å². The highest BCUT2D eigenvalue weighted by Crippen LogP contribution is 2.19. The molecule has 0 atom stereocenters. The third kappa shape index (κ3) is 5.47. The summed E-state index contributed by atoms with van der Waals surface area (Å²) in [4.78, 5) is 35.2. The summed E-state index contributed by atoms with van der Waals surface area (Å²) in [6.45, 7) is 8.61. The number of carboxylic acids is 1. The number of nitrogens with zero attached hydrogens (tertiary/aromatic N) is 1. The van der Waals surface area contributed by atoms with Crippen LogP contribution in [-0.4, -0.2) is 41.5 Å². The van der Waals surface area contributed by atoms with E-state index in [1.54, 1.807) is 6.92 Å². The van der Waals surface area contributed by atoms with Crippen molar-refractivity contribution in [1.82, 2.24) is 10.2 Å². The summed E-state index contributed by atoms with van der Waals surface area (Å²) in [6, 6.07) is -0.566. The maximum atomic E-state index is 11.6. The average Bonchev–Trinajstić information content (AvgIpc) is 2.14. The predicted molar refractivity (Wildman–Crippen MR) is 67.0 cm³/mol. The lowest BCUT2D eigenvalue weighted by molar-refractivity contribution is -0.149. The van der Waals surface area contributed by atoms with Gasteiger partial charge in [-0.15, -0.1) is 0 Å². The molecule has 0 unspecified atom stereocenters. The summed E-state index contributed by atoms with van der Waals surface area (Å²) in [5, 5.41) is 11.0. The maximum Gasteiger partial charge on any atom is 0.324 e. The molecule has 2 N–H and O–H groups in total. The normalized spacial score (nSPS) is 10.7. The van der Waals surface area contributed by atoms with Gasteiger partial charge in [-0.2, -0.15) is 0 Å². The number of hydrogen-bond acceptors (Lipinski definition) is 3. The molecular formula is C12H20N2O4. The summed E-state index contributed by atoms with van der Waals surface area (Å²) in [5.41, 5.74) is -0.414. The van der Waals surface area contributed by atoms with Gasteiger partial charge in [0.05, 0.1) is 5.41 Å². The summed E-state index contributed by atoms with van der Waals surface area (Å²) < 4.78 is 0. The van der Waals surface area contributed by atoms with Crippen molar-refractivity contribution in [2.45, 2.75) is 27.2 Å². The Hall–Kier alpha value is -1.85. The van der Waals surface area contributed by atoms with Gasteiger partial charge in [0.1, 0.15) is 0 Å². The molecule has 0 bridgehead atoms. The molecule has 0 aliphatic carbocycles. The summed E-state index contributed by atoms with van der Waals surface area (Å²) in [6.07, 6.45) is -0.255. The Bertz CT molecular complexity index is 374. The number of imide groups is 1. The molecule has 6 nitrogen and oxygen atoms in total. The molecule has 0 saturated carbocycles. The summed E-state index contributed by atoms with van der Waals surface area (Å²) in [7, 11) is 1.53. The van der Waals surface area contributed by atoms with Gasteiger partial charge in [-0.05, 0) is 20.8 Å². The number of likely N-dealkylation sites (N-methyl/N-ethyl adjacent to an activating group) is 1. The van der Waals surface area contributed by atoms with Crippen LogP contribution in [0.3, 0.4) is 0 Å². The van der Waals surface area contributed by atoms with E-state index in [4.69, 9.17) is 5.11 Å². The van der Waals surface area contributed by atoms with Gasteiger partial charge in [-0.3, -0.25) is 14.9 Å². The van der Waals surface area contributed by atoms with Crippen LogP contribution in [0.25, 0.3) is 0 Å². The first-order chi connectivity index (χ1) is 8.06. The largest absolute Gasteiger partial charge is 0.481 e. The van der Waals surface area contributed by atoms with Crippen molar-refractivity contribution in [2.24, 2.45) is 5.41 Å². The standard InChI is InChI=1S/C12H20N2O4/c1-8(2)7-14(5)11(18)13-9(15)6-12(3,4)10(16)17/h1,6-7H2,2-5H3,(H,16,17)(H,13,15,18). The molecular weight excluding hydrogens is 236 g/mol. The fourth-order valence-electron chi connectivity index (χ4n) is 1.21. The minimum Gasteiger partial charge on any atom is -0.481 e. The topological polar surface area (TPSA) is 86.7 Å². The van der Waals surface area contributed by atoms with Crippen LogP contribution in [-0.2, 0) is 9.59 Å². The SMILES string of the molecule is C=C(C)CN(C)C(=O)NC(=O)CC(C)(C)C(=O)O. The van der Waals surface area contributed by atoms with Crippen LogP contribution in [0.1, 0.15) is 27.2 Å². The number of carbonyl (C=O) groups is 3. The van der Waals surface area contributed by atoms with Crippen LogP contribution >= 0.6 is 0 Å². The van der Waals surface area contributed by atoms with Crippen molar-refractivity contribution < 1.29 is 19.5 Å². The van der Waals surface area contributed by atoms with Crippen molar-refractivity contribution >= 4 is 17.9 Å². The molecule has 0 fully saturated rings. The van der Waals surface area contributed by atoms with Crippen molar-refractivity contribution in [3.05, 3.63) is 12.2 Å². The van der Waals surface area contributed by atoms with Gasteiger partial charge in [0.25, 0.3) is 0 Å². The van der Waals surface area contributed by atoms with E-state index < -0.39 is 23.3 Å². The molecule has 6 heteroatoms. The second-order valence-electron chi connectivity index (χ2n) is 5.03. The van der Waals surface area contributed by atoms with E-state index in [9.17, 15) is 14.4 Å². The number of carboxylic acid groups (broad SMARTS) is 1. The molecule has 0 saturated heterocycles. The number of aliphatic carboxylic acids is 1. The first-order valence-electron chi connectivity index (χ1n) is 5.49. The maximum absolute atomic E-state index is 11.6. The van der Waals surface area contributed by atoms with Gasteiger partial charge in [-0.1, -0.05) is 12.2 Å². The van der Waals surface area contributed by atoms with Gasteiger partial charge in [0.15, 0.2) is 0 Å². The first-order valence-corrected chi connectivity index (χ1v) is 5.49. The van der Waals surface area contributed by atoms with E-state index in [1.165, 1.54) is 25.8 Å². The Balaban J connectivity index is 4.37. The van der Waals surface area contributed by atoms with Gasteiger partial charge >= 0.3 is 12.0 Å². The molecule has 3 amide bonds. The van der Waals surface area contributed by atoms with E-state index in [1.807, 2.05) is 0 Å². The molecule has 18 heavy (non-hydrogen) atoms. The predicted octanol–water partition coefficient (Wildman–Crippen LogP) is 1.23. The lowest BCUT2D eigenvalue weighted by atomic mass is 9.89. The number of hydrogen-bond donors (Lipinski definition) is 2. The molecule has 0 aromatic heterocycles. The van der Waals surface area contributed by atoms with Crippen molar-refractivity contribution in [3.63, 3.8) is 0 Å². The molecule has 0 aliphatic heterocycles.